The number of phosphoric ester groups is 2. The largest absolute Gasteiger partial charge is 0.472 e. The molecule has 0 aliphatic heterocycles. The summed E-state index contributed by atoms with van der Waals surface area (Å²) in [4.78, 5) is 73.0. The SMILES string of the molecule is CCCCCCCCCCCCCCCCCCCCCCCCC(=O)O[C@H](COC(=O)CCCCCCCCCCCCCCCCCCC(C)C)COP(=O)(O)OC[C@@H](O)COP(=O)(O)OC[C@@H](COC(=O)CCCCCCCCCCC)OC(=O)CCCCCCCCCCC(C)CC. The molecule has 0 heterocycles. The van der Waals surface area contributed by atoms with Gasteiger partial charge in [0, 0.05) is 25.7 Å². The van der Waals surface area contributed by atoms with Crippen molar-refractivity contribution in [1.82, 2.24) is 0 Å². The number of hydrogen-bond acceptors (Lipinski definition) is 15. The highest BCUT2D eigenvalue weighted by Gasteiger charge is 2.30. The molecule has 0 aromatic rings. The van der Waals surface area contributed by atoms with Gasteiger partial charge in [-0.25, -0.2) is 9.13 Å². The Labute approximate surface area is 626 Å². The predicted octanol–water partition coefficient (Wildman–Crippen LogP) is 25.1. The monoisotopic (exact) mass is 1490 g/mol. The standard InChI is InChI=1S/C83H162O17P2/c1-7-10-12-14-16-18-19-20-21-22-23-24-25-26-27-32-35-38-42-49-55-61-67-82(87)99-78(72-94-81(86)66-60-54-48-41-37-34-31-29-28-30-33-36-40-45-51-57-63-75(4)5)73-97-101(89,90)95-69-77(84)70-96-102(91,92)98-74-79(71-93-80(85)65-59-53-47-39-17-15-13-11-8-2)100-83(88)68-62-56-50-44-43-46-52-58-64-76(6)9-3/h75-79,84H,7-74H2,1-6H3,(H,89,90)(H,91,92)/t76?,77-,78-,79-/m1/s1. The molecular formula is C83H162O17P2. The van der Waals surface area contributed by atoms with Gasteiger partial charge in [-0.3, -0.25) is 37.3 Å². The first-order chi connectivity index (χ1) is 49.4. The van der Waals surface area contributed by atoms with Crippen LogP contribution < -0.4 is 0 Å². The zero-order valence-electron chi connectivity index (χ0n) is 66.9. The molecule has 0 aliphatic rings. The highest BCUT2D eigenvalue weighted by atomic mass is 31.2. The van der Waals surface area contributed by atoms with Crippen molar-refractivity contribution < 1.29 is 80.2 Å². The third-order valence-electron chi connectivity index (χ3n) is 19.8. The lowest BCUT2D eigenvalue weighted by Crippen LogP contribution is -2.30. The molecular weight excluding hydrogens is 1330 g/mol. The number of carbonyl (C=O) groups is 4. The van der Waals surface area contributed by atoms with Crippen molar-refractivity contribution in [2.75, 3.05) is 39.6 Å². The maximum Gasteiger partial charge on any atom is 0.472 e. The molecule has 102 heavy (non-hydrogen) atoms. The number of hydrogen-bond donors (Lipinski definition) is 3. The van der Waals surface area contributed by atoms with Crippen molar-refractivity contribution in [2.45, 2.75) is 458 Å². The van der Waals surface area contributed by atoms with Gasteiger partial charge >= 0.3 is 39.5 Å². The smallest absolute Gasteiger partial charge is 0.462 e. The van der Waals surface area contributed by atoms with Crippen molar-refractivity contribution in [2.24, 2.45) is 11.8 Å². The predicted molar refractivity (Wildman–Crippen MR) is 418 cm³/mol. The second kappa shape index (κ2) is 74.5. The second-order valence-corrected chi connectivity index (χ2v) is 33.5. The van der Waals surface area contributed by atoms with Crippen LogP contribution in [0.15, 0.2) is 0 Å². The average molecular weight is 1490 g/mol. The minimum Gasteiger partial charge on any atom is -0.462 e. The van der Waals surface area contributed by atoms with Gasteiger partial charge in [0.1, 0.15) is 19.3 Å². The van der Waals surface area contributed by atoms with Crippen molar-refractivity contribution in [1.29, 1.82) is 0 Å². The molecule has 19 heteroatoms. The number of unbranched alkanes of at least 4 members (excludes halogenated alkanes) is 51. The van der Waals surface area contributed by atoms with Gasteiger partial charge in [-0.15, -0.1) is 0 Å². The first kappa shape index (κ1) is 100. The van der Waals surface area contributed by atoms with E-state index in [0.717, 1.165) is 102 Å². The summed E-state index contributed by atoms with van der Waals surface area (Å²) in [6.07, 6.45) is 65.4. The fourth-order valence-electron chi connectivity index (χ4n) is 12.9. The number of rotatable bonds is 82. The number of carbonyl (C=O) groups excluding carboxylic acids is 4. The summed E-state index contributed by atoms with van der Waals surface area (Å²) in [6, 6.07) is 0. The molecule has 0 bridgehead atoms. The summed E-state index contributed by atoms with van der Waals surface area (Å²) in [7, 11) is -9.92. The van der Waals surface area contributed by atoms with Crippen molar-refractivity contribution in [3.8, 4) is 0 Å². The van der Waals surface area contributed by atoms with E-state index in [1.54, 1.807) is 0 Å². The Morgan fingerprint density at radius 1 is 0.284 bits per heavy atom. The van der Waals surface area contributed by atoms with Crippen LogP contribution in [0, 0.1) is 11.8 Å². The van der Waals surface area contributed by atoms with E-state index in [1.807, 2.05) is 0 Å². The van der Waals surface area contributed by atoms with Crippen LogP contribution in [0.5, 0.6) is 0 Å². The molecule has 0 amide bonds. The van der Waals surface area contributed by atoms with E-state index in [2.05, 4.69) is 41.5 Å². The maximum absolute atomic E-state index is 13.1. The van der Waals surface area contributed by atoms with E-state index >= 15 is 0 Å². The minimum absolute atomic E-state index is 0.105. The van der Waals surface area contributed by atoms with Gasteiger partial charge in [0.15, 0.2) is 12.2 Å². The fraction of sp³-hybridized carbons (Fsp3) is 0.952. The Balaban J connectivity index is 5.19. The second-order valence-electron chi connectivity index (χ2n) is 30.6. The van der Waals surface area contributed by atoms with Crippen LogP contribution in [0.1, 0.15) is 440 Å². The quantitative estimate of drug-likeness (QED) is 0.0222. The summed E-state index contributed by atoms with van der Waals surface area (Å²) < 4.78 is 68.7. The Morgan fingerprint density at radius 3 is 0.745 bits per heavy atom. The Kier molecular flexibility index (Phi) is 73.1. The van der Waals surface area contributed by atoms with Gasteiger partial charge in [-0.1, -0.05) is 388 Å². The lowest BCUT2D eigenvalue weighted by atomic mass is 9.99. The molecule has 0 fully saturated rings. The van der Waals surface area contributed by atoms with Crippen LogP contribution in [-0.2, 0) is 65.4 Å². The van der Waals surface area contributed by atoms with Crippen LogP contribution in [0.3, 0.4) is 0 Å². The van der Waals surface area contributed by atoms with E-state index in [0.29, 0.717) is 25.7 Å². The molecule has 6 atom stereocenters. The average Bonchev–Trinajstić information content (AvgIpc) is 0.923. The lowest BCUT2D eigenvalue weighted by Gasteiger charge is -2.21. The van der Waals surface area contributed by atoms with Gasteiger partial charge in [0.05, 0.1) is 26.4 Å². The summed E-state index contributed by atoms with van der Waals surface area (Å²) in [5.74, 6) is -0.528. The van der Waals surface area contributed by atoms with Crippen LogP contribution in [-0.4, -0.2) is 96.7 Å². The molecule has 17 nitrogen and oxygen atoms in total. The molecule has 0 radical (unpaired) electrons. The van der Waals surface area contributed by atoms with Crippen molar-refractivity contribution in [3.63, 3.8) is 0 Å². The number of esters is 4. The number of phosphoric acid groups is 2. The van der Waals surface area contributed by atoms with Crippen LogP contribution in [0.4, 0.5) is 0 Å². The number of aliphatic hydroxyl groups excluding tert-OH is 1. The van der Waals surface area contributed by atoms with E-state index in [-0.39, 0.29) is 25.7 Å². The number of ether oxygens (including phenoxy) is 4. The minimum atomic E-state index is -4.96. The van der Waals surface area contributed by atoms with Crippen LogP contribution in [0.25, 0.3) is 0 Å². The zero-order valence-corrected chi connectivity index (χ0v) is 68.7. The normalized spacial score (nSPS) is 14.1. The molecule has 3 unspecified atom stereocenters. The van der Waals surface area contributed by atoms with E-state index < -0.39 is 97.5 Å². The van der Waals surface area contributed by atoms with Crippen molar-refractivity contribution in [3.05, 3.63) is 0 Å². The molecule has 0 spiro atoms. The molecule has 606 valence electrons. The first-order valence-electron chi connectivity index (χ1n) is 43.0. The van der Waals surface area contributed by atoms with Gasteiger partial charge in [0.25, 0.3) is 0 Å². The van der Waals surface area contributed by atoms with E-state index in [4.69, 9.17) is 37.0 Å². The Hall–Kier alpha value is -1.94. The summed E-state index contributed by atoms with van der Waals surface area (Å²) in [5, 5.41) is 10.6. The van der Waals surface area contributed by atoms with Gasteiger partial charge < -0.3 is 33.8 Å². The summed E-state index contributed by atoms with van der Waals surface area (Å²) >= 11 is 0. The lowest BCUT2D eigenvalue weighted by molar-refractivity contribution is -0.161. The topological polar surface area (TPSA) is 237 Å². The molecule has 0 aromatic heterocycles. The summed E-state index contributed by atoms with van der Waals surface area (Å²) in [5.41, 5.74) is 0. The molecule has 0 saturated carbocycles. The highest BCUT2D eigenvalue weighted by Crippen LogP contribution is 2.45. The van der Waals surface area contributed by atoms with Gasteiger partial charge in [-0.2, -0.15) is 0 Å². The van der Waals surface area contributed by atoms with E-state index in [9.17, 15) is 43.2 Å². The van der Waals surface area contributed by atoms with Gasteiger partial charge in [-0.05, 0) is 37.5 Å². The molecule has 0 aliphatic carbocycles. The third kappa shape index (κ3) is 74.9. The van der Waals surface area contributed by atoms with Gasteiger partial charge in [0.2, 0.25) is 0 Å². The Bertz CT molecular complexity index is 1960. The molecule has 0 rings (SSSR count). The third-order valence-corrected chi connectivity index (χ3v) is 21.7. The molecule has 3 N–H and O–H groups in total. The first-order valence-corrected chi connectivity index (χ1v) is 46.0. The molecule has 0 aromatic carbocycles. The zero-order chi connectivity index (χ0) is 74.9. The maximum atomic E-state index is 13.1. The number of aliphatic hydroxyl groups is 1. The van der Waals surface area contributed by atoms with Crippen LogP contribution >= 0.6 is 15.6 Å². The van der Waals surface area contributed by atoms with E-state index in [1.165, 1.54) is 257 Å². The summed E-state index contributed by atoms with van der Waals surface area (Å²) in [6.45, 7) is 9.65. The van der Waals surface area contributed by atoms with Crippen molar-refractivity contribution >= 4 is 39.5 Å². The van der Waals surface area contributed by atoms with Crippen LogP contribution in [0.2, 0.25) is 0 Å². The Morgan fingerprint density at radius 2 is 0.500 bits per heavy atom. The fourth-order valence-corrected chi connectivity index (χ4v) is 14.4. The molecule has 0 saturated heterocycles. The highest BCUT2D eigenvalue weighted by molar-refractivity contribution is 7.47.